The van der Waals surface area contributed by atoms with Gasteiger partial charge in [0.2, 0.25) is 0 Å². The normalized spacial score (nSPS) is 10.3. The predicted octanol–water partition coefficient (Wildman–Crippen LogP) is 5.08. The van der Waals surface area contributed by atoms with Crippen molar-refractivity contribution < 1.29 is 4.74 Å². The maximum atomic E-state index is 5.87. The third-order valence-electron chi connectivity index (χ3n) is 2.07. The van der Waals surface area contributed by atoms with Gasteiger partial charge in [0.1, 0.15) is 11.5 Å². The Hall–Kier alpha value is -0.460. The van der Waals surface area contributed by atoms with E-state index in [0.717, 1.165) is 25.2 Å². The summed E-state index contributed by atoms with van der Waals surface area (Å²) in [5.41, 5.74) is 6.40. The Labute approximate surface area is 126 Å². The van der Waals surface area contributed by atoms with Crippen molar-refractivity contribution in [3.8, 4) is 11.5 Å². The molecule has 0 aromatic heterocycles. The number of hydrogen-bond acceptors (Lipinski definition) is 2. The monoisotopic (exact) mass is 423 g/mol. The molecule has 0 bridgehead atoms. The minimum absolute atomic E-state index is 0.663. The molecule has 0 saturated heterocycles. The van der Waals surface area contributed by atoms with E-state index in [-0.39, 0.29) is 0 Å². The van der Waals surface area contributed by atoms with Crippen LogP contribution in [0.25, 0.3) is 0 Å². The van der Waals surface area contributed by atoms with Gasteiger partial charge >= 0.3 is 0 Å². The van der Waals surface area contributed by atoms with E-state index in [0.29, 0.717) is 5.02 Å². The van der Waals surface area contributed by atoms with Crippen LogP contribution in [0, 0.1) is 3.57 Å². The van der Waals surface area contributed by atoms with E-state index >= 15 is 0 Å². The molecule has 0 unspecified atom stereocenters. The fourth-order valence-electron chi connectivity index (χ4n) is 1.28. The molecule has 88 valence electrons. The lowest BCUT2D eigenvalue weighted by Crippen LogP contribution is -1.91. The van der Waals surface area contributed by atoms with Crippen LogP contribution >= 0.6 is 50.1 Å². The predicted molar refractivity (Wildman–Crippen MR) is 82.8 cm³/mol. The van der Waals surface area contributed by atoms with Crippen molar-refractivity contribution in [2.45, 2.75) is 0 Å². The van der Waals surface area contributed by atoms with E-state index in [2.05, 4.69) is 38.5 Å². The van der Waals surface area contributed by atoms with E-state index in [1.807, 2.05) is 18.2 Å². The van der Waals surface area contributed by atoms with Crippen molar-refractivity contribution in [1.29, 1.82) is 0 Å². The van der Waals surface area contributed by atoms with Gasteiger partial charge in [-0.3, -0.25) is 0 Å². The second-order valence-corrected chi connectivity index (χ2v) is 5.82. The quantitative estimate of drug-likeness (QED) is 0.539. The summed E-state index contributed by atoms with van der Waals surface area (Å²) in [6.07, 6.45) is 0. The van der Waals surface area contributed by atoms with Gasteiger partial charge in [-0.1, -0.05) is 11.6 Å². The molecule has 0 amide bonds. The van der Waals surface area contributed by atoms with Crippen LogP contribution in [-0.2, 0) is 0 Å². The Balaban J connectivity index is 2.31. The molecule has 0 aliphatic heterocycles. The molecular weight excluding hydrogens is 416 g/mol. The van der Waals surface area contributed by atoms with Crippen LogP contribution < -0.4 is 10.5 Å². The average molecular weight is 424 g/mol. The van der Waals surface area contributed by atoms with Gasteiger partial charge in [-0.2, -0.15) is 0 Å². The number of rotatable bonds is 2. The first-order valence-corrected chi connectivity index (χ1v) is 6.99. The molecule has 0 saturated carbocycles. The van der Waals surface area contributed by atoms with Gasteiger partial charge in [-0.25, -0.2) is 0 Å². The number of hydrogen-bond donors (Lipinski definition) is 1. The Morgan fingerprint density at radius 2 is 1.82 bits per heavy atom. The summed E-state index contributed by atoms with van der Waals surface area (Å²) in [5.74, 6) is 1.49. The minimum atomic E-state index is 0.663. The number of nitrogen functional groups attached to an aromatic ring is 1. The first-order valence-electron chi connectivity index (χ1n) is 4.74. The van der Waals surface area contributed by atoms with Crippen LogP contribution in [0.5, 0.6) is 11.5 Å². The van der Waals surface area contributed by atoms with Crippen LogP contribution in [0.2, 0.25) is 5.02 Å². The summed E-state index contributed by atoms with van der Waals surface area (Å²) in [5, 5.41) is 0.663. The minimum Gasteiger partial charge on any atom is -0.455 e. The van der Waals surface area contributed by atoms with Gasteiger partial charge in [-0.15, -0.1) is 0 Å². The topological polar surface area (TPSA) is 35.2 Å². The van der Waals surface area contributed by atoms with Gasteiger partial charge in [0.25, 0.3) is 0 Å². The first kappa shape index (κ1) is 13.0. The average Bonchev–Trinajstić information content (AvgIpc) is 2.25. The van der Waals surface area contributed by atoms with E-state index in [9.17, 15) is 0 Å². The van der Waals surface area contributed by atoms with Crippen molar-refractivity contribution in [2.24, 2.45) is 0 Å². The molecule has 0 spiro atoms. The molecular formula is C12H8BrClINO. The number of nitrogens with two attached hydrogens (primary N) is 1. The smallest absolute Gasteiger partial charge is 0.141 e. The summed E-state index contributed by atoms with van der Waals surface area (Å²) >= 11 is 11.5. The molecule has 5 heteroatoms. The highest BCUT2D eigenvalue weighted by Crippen LogP contribution is 2.34. The molecule has 2 N–H and O–H groups in total. The van der Waals surface area contributed by atoms with Gasteiger partial charge in [0.15, 0.2) is 0 Å². The molecule has 0 aliphatic rings. The number of ether oxygens (including phenoxy) is 1. The Kier molecular flexibility index (Phi) is 4.17. The number of anilines is 1. The SMILES string of the molecule is Nc1ccc(Oc2ccc(Cl)cc2Br)c(I)c1. The molecule has 0 aliphatic carbocycles. The lowest BCUT2D eigenvalue weighted by molar-refractivity contribution is 0.476. The molecule has 2 nitrogen and oxygen atoms in total. The maximum Gasteiger partial charge on any atom is 0.141 e. The Morgan fingerprint density at radius 1 is 1.12 bits per heavy atom. The molecule has 2 rings (SSSR count). The molecule has 0 atom stereocenters. The van der Waals surface area contributed by atoms with Crippen molar-refractivity contribution in [2.75, 3.05) is 5.73 Å². The van der Waals surface area contributed by atoms with Crippen LogP contribution in [0.15, 0.2) is 40.9 Å². The largest absolute Gasteiger partial charge is 0.455 e. The lowest BCUT2D eigenvalue weighted by atomic mass is 10.3. The van der Waals surface area contributed by atoms with Crippen molar-refractivity contribution in [1.82, 2.24) is 0 Å². The highest BCUT2D eigenvalue weighted by molar-refractivity contribution is 14.1. The summed E-state index contributed by atoms with van der Waals surface area (Å²) in [6.45, 7) is 0. The summed E-state index contributed by atoms with van der Waals surface area (Å²) in [4.78, 5) is 0. The van der Waals surface area contributed by atoms with Crippen molar-refractivity contribution in [3.63, 3.8) is 0 Å². The van der Waals surface area contributed by atoms with Gasteiger partial charge in [0, 0.05) is 10.7 Å². The van der Waals surface area contributed by atoms with E-state index < -0.39 is 0 Å². The maximum absolute atomic E-state index is 5.87. The zero-order valence-electron chi connectivity index (χ0n) is 8.58. The highest BCUT2D eigenvalue weighted by atomic mass is 127. The zero-order chi connectivity index (χ0) is 12.4. The second kappa shape index (κ2) is 5.46. The molecule has 0 heterocycles. The van der Waals surface area contributed by atoms with E-state index in [1.54, 1.807) is 18.2 Å². The Bertz CT molecular complexity index is 513. The molecule has 2 aromatic rings. The number of halogens is 3. The Morgan fingerprint density at radius 3 is 2.47 bits per heavy atom. The third-order valence-corrected chi connectivity index (χ3v) is 3.77. The van der Waals surface area contributed by atoms with Crippen LogP contribution in [0.3, 0.4) is 0 Å². The highest BCUT2D eigenvalue weighted by Gasteiger charge is 2.06. The van der Waals surface area contributed by atoms with Crippen molar-refractivity contribution in [3.05, 3.63) is 49.5 Å². The third kappa shape index (κ3) is 3.26. The van der Waals surface area contributed by atoms with Gasteiger partial charge in [0.05, 0.1) is 8.04 Å². The summed E-state index contributed by atoms with van der Waals surface area (Å²) in [7, 11) is 0. The molecule has 0 radical (unpaired) electrons. The standard InChI is InChI=1S/C12H8BrClINO/c13-9-5-7(14)1-3-11(9)17-12-4-2-8(16)6-10(12)15/h1-6H,16H2. The lowest BCUT2D eigenvalue weighted by Gasteiger charge is -2.10. The fourth-order valence-corrected chi connectivity index (χ4v) is 2.69. The van der Waals surface area contributed by atoms with E-state index in [4.69, 9.17) is 22.1 Å². The van der Waals surface area contributed by atoms with E-state index in [1.165, 1.54) is 0 Å². The van der Waals surface area contributed by atoms with Crippen LogP contribution in [0.1, 0.15) is 0 Å². The first-order chi connectivity index (χ1) is 8.06. The fraction of sp³-hybridized carbons (Fsp3) is 0. The summed E-state index contributed by atoms with van der Waals surface area (Å²) in [6, 6.07) is 10.9. The van der Waals surface area contributed by atoms with Crippen LogP contribution in [0.4, 0.5) is 5.69 Å². The number of benzene rings is 2. The summed E-state index contributed by atoms with van der Waals surface area (Å²) < 4.78 is 7.56. The second-order valence-electron chi connectivity index (χ2n) is 3.37. The molecule has 0 fully saturated rings. The van der Waals surface area contributed by atoms with Gasteiger partial charge in [-0.05, 0) is 74.9 Å². The molecule has 17 heavy (non-hydrogen) atoms. The van der Waals surface area contributed by atoms with Crippen LogP contribution in [-0.4, -0.2) is 0 Å². The zero-order valence-corrected chi connectivity index (χ0v) is 13.1. The van der Waals surface area contributed by atoms with Crippen molar-refractivity contribution >= 4 is 55.8 Å². The molecule has 2 aromatic carbocycles. The van der Waals surface area contributed by atoms with Gasteiger partial charge < -0.3 is 10.5 Å².